The number of anilines is 3. The molecule has 0 atom stereocenters. The Kier molecular flexibility index (Phi) is 3.78. The Morgan fingerprint density at radius 3 is 2.59 bits per heavy atom. The Morgan fingerprint density at radius 2 is 1.82 bits per heavy atom. The van der Waals surface area contributed by atoms with Gasteiger partial charge in [0.1, 0.15) is 5.55 Å². The lowest BCUT2D eigenvalue weighted by Crippen LogP contribution is -2.22. The molecule has 2 aromatic rings. The van der Waals surface area contributed by atoms with Gasteiger partial charge in [0, 0.05) is 5.69 Å². The van der Waals surface area contributed by atoms with Gasteiger partial charge in [-0.15, -0.1) is 0 Å². The summed E-state index contributed by atoms with van der Waals surface area (Å²) in [5, 5.41) is 6.35. The zero-order chi connectivity index (χ0) is 15.6. The van der Waals surface area contributed by atoms with Gasteiger partial charge in [-0.2, -0.15) is 0 Å². The Labute approximate surface area is 133 Å². The first-order valence-corrected chi connectivity index (χ1v) is 8.32. The number of nitrogens with one attached hydrogen (secondary N) is 3. The minimum Gasteiger partial charge on any atom is -0.332 e. The van der Waals surface area contributed by atoms with Crippen LogP contribution in [0.2, 0.25) is 0 Å². The van der Waals surface area contributed by atoms with E-state index in [4.69, 9.17) is 12.2 Å². The van der Waals surface area contributed by atoms with Crippen LogP contribution in [0.4, 0.5) is 22.7 Å². The second kappa shape index (κ2) is 5.74. The van der Waals surface area contributed by atoms with Crippen LogP contribution < -0.4 is 15.4 Å². The molecule has 0 amide bonds. The molecule has 3 rings (SSSR count). The van der Waals surface area contributed by atoms with Crippen molar-refractivity contribution in [3.8, 4) is 0 Å². The molecule has 3 N–H and O–H groups in total. The number of aliphatic imine (C=N–C) groups is 1. The average molecular weight is 332 g/mol. The highest BCUT2D eigenvalue weighted by atomic mass is 32.2. The molecule has 1 heterocycles. The largest absolute Gasteiger partial charge is 0.332 e. The quantitative estimate of drug-likeness (QED) is 0.737. The lowest BCUT2D eigenvalue weighted by molar-refractivity contribution is 0.612. The Bertz CT molecular complexity index is 848. The van der Waals surface area contributed by atoms with Crippen LogP contribution >= 0.6 is 12.2 Å². The van der Waals surface area contributed by atoms with E-state index in [-0.39, 0.29) is 0 Å². The maximum atomic E-state index is 11.6. The summed E-state index contributed by atoms with van der Waals surface area (Å²) in [6, 6.07) is 14.6. The Balaban J connectivity index is 1.82. The summed E-state index contributed by atoms with van der Waals surface area (Å²) in [5.74, 6) is 0. The van der Waals surface area contributed by atoms with Gasteiger partial charge in [0.2, 0.25) is 0 Å². The fourth-order valence-corrected chi connectivity index (χ4v) is 2.99. The van der Waals surface area contributed by atoms with Crippen LogP contribution in [0.1, 0.15) is 0 Å². The van der Waals surface area contributed by atoms with Crippen molar-refractivity contribution in [2.45, 2.75) is 0 Å². The Hall–Kier alpha value is -2.45. The van der Waals surface area contributed by atoms with E-state index in [9.17, 15) is 8.42 Å². The van der Waals surface area contributed by atoms with Gasteiger partial charge in [0.15, 0.2) is 5.11 Å². The molecule has 22 heavy (non-hydrogen) atoms. The molecule has 0 spiro atoms. The van der Waals surface area contributed by atoms with Crippen LogP contribution in [-0.2, 0) is 10.0 Å². The van der Waals surface area contributed by atoms with Gasteiger partial charge in [0.05, 0.1) is 17.1 Å². The predicted octanol–water partition coefficient (Wildman–Crippen LogP) is 2.91. The number of thiocarbonyl (C=S) groups is 1. The van der Waals surface area contributed by atoms with Gasteiger partial charge in [-0.3, -0.25) is 4.72 Å². The third-order valence-corrected chi connectivity index (χ3v) is 3.97. The number of para-hydroxylation sites is 2. The smallest absolute Gasteiger partial charge is 0.272 e. The van der Waals surface area contributed by atoms with Gasteiger partial charge < -0.3 is 10.6 Å². The minimum atomic E-state index is -3.56. The van der Waals surface area contributed by atoms with E-state index in [1.807, 2.05) is 30.3 Å². The van der Waals surface area contributed by atoms with E-state index in [0.717, 1.165) is 11.2 Å². The number of sulfonamides is 1. The molecule has 0 unspecified atom stereocenters. The second-order valence-electron chi connectivity index (χ2n) is 4.53. The van der Waals surface area contributed by atoms with Gasteiger partial charge >= 0.3 is 0 Å². The molecule has 0 saturated carbocycles. The molecule has 0 aliphatic carbocycles. The summed E-state index contributed by atoms with van der Waals surface area (Å²) in [7, 11) is -3.56. The predicted molar refractivity (Wildman–Crippen MR) is 93.4 cm³/mol. The summed E-state index contributed by atoms with van der Waals surface area (Å²) in [4.78, 5) is 3.92. The molecule has 1 aliphatic heterocycles. The molecular formula is C14H12N4O2S2. The maximum absolute atomic E-state index is 11.6. The van der Waals surface area contributed by atoms with E-state index in [0.29, 0.717) is 22.2 Å². The first-order chi connectivity index (χ1) is 10.5. The first kappa shape index (κ1) is 14.5. The van der Waals surface area contributed by atoms with Crippen LogP contribution in [0.15, 0.2) is 53.5 Å². The number of hydrogen-bond donors (Lipinski definition) is 3. The molecule has 2 aromatic carbocycles. The van der Waals surface area contributed by atoms with Crippen molar-refractivity contribution in [3.63, 3.8) is 0 Å². The highest BCUT2D eigenvalue weighted by Crippen LogP contribution is 2.35. The van der Waals surface area contributed by atoms with Crippen LogP contribution in [0.5, 0.6) is 0 Å². The van der Waals surface area contributed by atoms with Crippen molar-refractivity contribution in [2.75, 3.05) is 15.4 Å². The monoisotopic (exact) mass is 332 g/mol. The number of rotatable bonds is 2. The van der Waals surface area contributed by atoms with E-state index in [1.54, 1.807) is 18.2 Å². The number of benzene rings is 2. The SMILES string of the molecule is O=S1(=O)C=Nc2cccc(NC(=S)Nc3ccccc3)c2N1. The van der Waals surface area contributed by atoms with Crippen LogP contribution in [0.25, 0.3) is 0 Å². The molecule has 6 nitrogen and oxygen atoms in total. The average Bonchev–Trinajstić information content (AvgIpc) is 2.48. The van der Waals surface area contributed by atoms with Gasteiger partial charge in [0.25, 0.3) is 10.0 Å². The second-order valence-corrected chi connectivity index (χ2v) is 6.44. The highest BCUT2D eigenvalue weighted by molar-refractivity contribution is 8.05. The maximum Gasteiger partial charge on any atom is 0.272 e. The molecule has 1 aliphatic rings. The molecular weight excluding hydrogens is 320 g/mol. The van der Waals surface area contributed by atoms with Crippen molar-refractivity contribution in [2.24, 2.45) is 4.99 Å². The summed E-state index contributed by atoms with van der Waals surface area (Å²) in [6.07, 6.45) is 0. The molecule has 0 radical (unpaired) electrons. The lowest BCUT2D eigenvalue weighted by atomic mass is 10.2. The van der Waals surface area contributed by atoms with E-state index >= 15 is 0 Å². The van der Waals surface area contributed by atoms with Gasteiger partial charge in [-0.1, -0.05) is 24.3 Å². The third kappa shape index (κ3) is 3.23. The van der Waals surface area contributed by atoms with Crippen molar-refractivity contribution >= 4 is 55.6 Å². The lowest BCUT2D eigenvalue weighted by Gasteiger charge is -2.18. The molecule has 0 fully saturated rings. The van der Waals surface area contributed by atoms with E-state index < -0.39 is 10.0 Å². The first-order valence-electron chi connectivity index (χ1n) is 6.36. The molecule has 112 valence electrons. The topological polar surface area (TPSA) is 82.6 Å². The fraction of sp³-hybridized carbons (Fsp3) is 0. The van der Waals surface area contributed by atoms with Crippen LogP contribution in [-0.4, -0.2) is 19.1 Å². The number of fused-ring (bicyclic) bond motifs is 1. The van der Waals surface area contributed by atoms with E-state index in [2.05, 4.69) is 20.3 Å². The van der Waals surface area contributed by atoms with Crippen molar-refractivity contribution in [1.29, 1.82) is 0 Å². The zero-order valence-electron chi connectivity index (χ0n) is 11.3. The molecule has 0 saturated heterocycles. The molecule has 0 bridgehead atoms. The van der Waals surface area contributed by atoms with E-state index in [1.165, 1.54) is 0 Å². The Morgan fingerprint density at radius 1 is 1.05 bits per heavy atom. The van der Waals surface area contributed by atoms with Gasteiger partial charge in [-0.05, 0) is 36.5 Å². The summed E-state index contributed by atoms with van der Waals surface area (Å²) >= 11 is 5.24. The van der Waals surface area contributed by atoms with Crippen LogP contribution in [0.3, 0.4) is 0 Å². The normalized spacial score (nSPS) is 14.5. The fourth-order valence-electron chi connectivity index (χ4n) is 1.96. The molecule has 0 aromatic heterocycles. The summed E-state index contributed by atoms with van der Waals surface area (Å²) in [6.45, 7) is 0. The minimum absolute atomic E-state index is 0.355. The molecule has 8 heteroatoms. The standard InChI is InChI=1S/C14H12N4O2S2/c19-22(20)9-15-11-7-4-8-12(13(11)18-22)17-14(21)16-10-5-2-1-3-6-10/h1-9,18H,(H2,16,17,21). The van der Waals surface area contributed by atoms with Crippen molar-refractivity contribution in [1.82, 2.24) is 0 Å². The number of nitrogens with zero attached hydrogens (tertiary/aromatic N) is 1. The summed E-state index contributed by atoms with van der Waals surface area (Å²) < 4.78 is 25.7. The van der Waals surface area contributed by atoms with Crippen LogP contribution in [0, 0.1) is 0 Å². The van der Waals surface area contributed by atoms with Crippen molar-refractivity contribution in [3.05, 3.63) is 48.5 Å². The zero-order valence-corrected chi connectivity index (χ0v) is 12.9. The van der Waals surface area contributed by atoms with Gasteiger partial charge in [-0.25, -0.2) is 13.4 Å². The third-order valence-electron chi connectivity index (χ3n) is 2.90. The summed E-state index contributed by atoms with van der Waals surface area (Å²) in [5.41, 5.74) is 3.17. The highest BCUT2D eigenvalue weighted by Gasteiger charge is 2.19. The van der Waals surface area contributed by atoms with Crippen molar-refractivity contribution < 1.29 is 8.42 Å². The number of hydrogen-bond acceptors (Lipinski definition) is 4.